The number of nitrogens with one attached hydrogen (secondary N) is 1. The summed E-state index contributed by atoms with van der Waals surface area (Å²) < 4.78 is 5.90. The van der Waals surface area contributed by atoms with Crippen molar-refractivity contribution in [2.75, 3.05) is 13.1 Å². The first-order chi connectivity index (χ1) is 8.48. The largest absolute Gasteiger partial charge is 0.461 e. The van der Waals surface area contributed by atoms with Crippen LogP contribution >= 0.6 is 0 Å². The fourth-order valence-electron chi connectivity index (χ4n) is 3.12. The fraction of sp³-hybridized carbons (Fsp3) is 0.933. The zero-order chi connectivity index (χ0) is 13.2. The quantitative estimate of drug-likeness (QED) is 0.786. The number of rotatable bonds is 3. The van der Waals surface area contributed by atoms with Crippen molar-refractivity contribution in [1.82, 2.24) is 5.32 Å². The van der Waals surface area contributed by atoms with Gasteiger partial charge >= 0.3 is 5.97 Å². The summed E-state index contributed by atoms with van der Waals surface area (Å²) in [5.74, 6) is 1.09. The van der Waals surface area contributed by atoms with E-state index in [9.17, 15) is 4.79 Å². The Balaban J connectivity index is 2.01. The summed E-state index contributed by atoms with van der Waals surface area (Å²) in [6, 6.07) is 0. The third kappa shape index (κ3) is 3.25. The lowest BCUT2D eigenvalue weighted by molar-refractivity contribution is -0.164. The van der Waals surface area contributed by atoms with Gasteiger partial charge in [0.05, 0.1) is 5.41 Å². The van der Waals surface area contributed by atoms with Crippen LogP contribution in [0.2, 0.25) is 0 Å². The second-order valence-corrected chi connectivity index (χ2v) is 6.92. The van der Waals surface area contributed by atoms with Gasteiger partial charge in [-0.25, -0.2) is 0 Å². The molecule has 18 heavy (non-hydrogen) atoms. The lowest BCUT2D eigenvalue weighted by Crippen LogP contribution is -2.37. The molecule has 2 atom stereocenters. The summed E-state index contributed by atoms with van der Waals surface area (Å²) in [6.07, 6.45) is 6.37. The van der Waals surface area contributed by atoms with Gasteiger partial charge in [0.15, 0.2) is 0 Å². The number of ether oxygens (including phenoxy) is 1. The SMILES string of the molecule is CC(C)(C)C(=O)OC(C1CCCC1)C1CCNC1. The van der Waals surface area contributed by atoms with Gasteiger partial charge in [-0.1, -0.05) is 12.8 Å². The van der Waals surface area contributed by atoms with Crippen LogP contribution in [0, 0.1) is 17.3 Å². The molecule has 3 nitrogen and oxygen atoms in total. The van der Waals surface area contributed by atoms with Gasteiger partial charge in [0.2, 0.25) is 0 Å². The molecule has 2 aliphatic rings. The van der Waals surface area contributed by atoms with Crippen LogP contribution in [0.4, 0.5) is 0 Å². The van der Waals surface area contributed by atoms with E-state index < -0.39 is 0 Å². The summed E-state index contributed by atoms with van der Waals surface area (Å²) in [4.78, 5) is 12.1. The van der Waals surface area contributed by atoms with Crippen LogP contribution in [0.25, 0.3) is 0 Å². The van der Waals surface area contributed by atoms with Gasteiger partial charge < -0.3 is 10.1 Å². The molecule has 1 aliphatic heterocycles. The molecule has 104 valence electrons. The highest BCUT2D eigenvalue weighted by molar-refractivity contribution is 5.75. The van der Waals surface area contributed by atoms with Crippen molar-refractivity contribution in [3.63, 3.8) is 0 Å². The Kier molecular flexibility index (Phi) is 4.31. The van der Waals surface area contributed by atoms with Crippen molar-refractivity contribution in [2.24, 2.45) is 17.3 Å². The summed E-state index contributed by atoms with van der Waals surface area (Å²) in [7, 11) is 0. The van der Waals surface area contributed by atoms with Crippen molar-refractivity contribution in [3.8, 4) is 0 Å². The fourth-order valence-corrected chi connectivity index (χ4v) is 3.12. The second-order valence-electron chi connectivity index (χ2n) is 6.92. The highest BCUT2D eigenvalue weighted by Crippen LogP contribution is 2.35. The molecule has 2 unspecified atom stereocenters. The first-order valence-corrected chi connectivity index (χ1v) is 7.40. The van der Waals surface area contributed by atoms with E-state index in [-0.39, 0.29) is 17.5 Å². The number of carbonyl (C=O) groups excluding carboxylic acids is 1. The van der Waals surface area contributed by atoms with Crippen LogP contribution in [0.3, 0.4) is 0 Å². The Labute approximate surface area is 111 Å². The van der Waals surface area contributed by atoms with Crippen molar-refractivity contribution >= 4 is 5.97 Å². The maximum Gasteiger partial charge on any atom is 0.311 e. The summed E-state index contributed by atoms with van der Waals surface area (Å²) >= 11 is 0. The molecule has 0 aromatic rings. The molecule has 0 aromatic carbocycles. The molecule has 3 heteroatoms. The van der Waals surface area contributed by atoms with E-state index in [1.165, 1.54) is 25.7 Å². The molecule has 1 heterocycles. The number of carbonyl (C=O) groups is 1. The molecule has 0 radical (unpaired) electrons. The third-order valence-electron chi connectivity index (χ3n) is 4.28. The van der Waals surface area contributed by atoms with E-state index in [1.807, 2.05) is 20.8 Å². The highest BCUT2D eigenvalue weighted by atomic mass is 16.5. The van der Waals surface area contributed by atoms with E-state index in [0.29, 0.717) is 11.8 Å². The predicted molar refractivity (Wildman–Crippen MR) is 72.3 cm³/mol. The molecule has 0 spiro atoms. The van der Waals surface area contributed by atoms with Gasteiger partial charge in [-0.05, 0) is 52.5 Å². The Morgan fingerprint density at radius 1 is 1.17 bits per heavy atom. The van der Waals surface area contributed by atoms with E-state index in [2.05, 4.69) is 5.32 Å². The molecule has 1 aliphatic carbocycles. The van der Waals surface area contributed by atoms with Gasteiger partial charge in [0.1, 0.15) is 6.10 Å². The topological polar surface area (TPSA) is 38.3 Å². The zero-order valence-corrected chi connectivity index (χ0v) is 12.0. The summed E-state index contributed by atoms with van der Waals surface area (Å²) in [5.41, 5.74) is -0.386. The number of hydrogen-bond acceptors (Lipinski definition) is 3. The van der Waals surface area contributed by atoms with Crippen LogP contribution in [0.5, 0.6) is 0 Å². The summed E-state index contributed by atoms with van der Waals surface area (Å²) in [6.45, 7) is 7.90. The van der Waals surface area contributed by atoms with Gasteiger partial charge in [-0.15, -0.1) is 0 Å². The minimum Gasteiger partial charge on any atom is -0.461 e. The normalized spacial score (nSPS) is 27.4. The molecule has 2 rings (SSSR count). The van der Waals surface area contributed by atoms with E-state index >= 15 is 0 Å². The standard InChI is InChI=1S/C15H27NO2/c1-15(2,3)14(17)18-13(11-6-4-5-7-11)12-8-9-16-10-12/h11-13,16H,4-10H2,1-3H3. The van der Waals surface area contributed by atoms with Crippen molar-refractivity contribution in [1.29, 1.82) is 0 Å². The van der Waals surface area contributed by atoms with Crippen molar-refractivity contribution in [3.05, 3.63) is 0 Å². The maximum absolute atomic E-state index is 12.1. The van der Waals surface area contributed by atoms with Gasteiger partial charge in [0.25, 0.3) is 0 Å². The van der Waals surface area contributed by atoms with Gasteiger partial charge in [-0.3, -0.25) is 4.79 Å². The minimum atomic E-state index is -0.386. The predicted octanol–water partition coefficient (Wildman–Crippen LogP) is 2.74. The van der Waals surface area contributed by atoms with E-state index in [4.69, 9.17) is 4.74 Å². The molecule has 0 bridgehead atoms. The Morgan fingerprint density at radius 3 is 2.33 bits per heavy atom. The van der Waals surface area contributed by atoms with Crippen molar-refractivity contribution < 1.29 is 9.53 Å². The summed E-state index contributed by atoms with van der Waals surface area (Å²) in [5, 5.41) is 3.40. The Bertz CT molecular complexity index is 267. The molecule has 2 fully saturated rings. The molecule has 1 saturated heterocycles. The van der Waals surface area contributed by atoms with Gasteiger partial charge in [-0.2, -0.15) is 0 Å². The number of esters is 1. The molecule has 1 saturated carbocycles. The van der Waals surface area contributed by atoms with Crippen LogP contribution in [0.1, 0.15) is 52.9 Å². The lowest BCUT2D eigenvalue weighted by Gasteiger charge is -2.31. The van der Waals surface area contributed by atoms with Crippen LogP contribution in [-0.2, 0) is 9.53 Å². The van der Waals surface area contributed by atoms with Crippen LogP contribution < -0.4 is 5.32 Å². The van der Waals surface area contributed by atoms with E-state index in [0.717, 1.165) is 19.5 Å². The molecule has 0 amide bonds. The smallest absolute Gasteiger partial charge is 0.311 e. The Morgan fingerprint density at radius 2 is 1.83 bits per heavy atom. The van der Waals surface area contributed by atoms with Crippen LogP contribution in [-0.4, -0.2) is 25.2 Å². The Hall–Kier alpha value is -0.570. The van der Waals surface area contributed by atoms with Crippen molar-refractivity contribution in [2.45, 2.75) is 59.0 Å². The first kappa shape index (κ1) is 13.9. The molecule has 1 N–H and O–H groups in total. The number of hydrogen-bond donors (Lipinski definition) is 1. The maximum atomic E-state index is 12.1. The van der Waals surface area contributed by atoms with E-state index in [1.54, 1.807) is 0 Å². The van der Waals surface area contributed by atoms with Gasteiger partial charge in [0, 0.05) is 12.5 Å². The zero-order valence-electron chi connectivity index (χ0n) is 12.0. The lowest BCUT2D eigenvalue weighted by atomic mass is 9.88. The molecular weight excluding hydrogens is 226 g/mol. The monoisotopic (exact) mass is 253 g/mol. The first-order valence-electron chi connectivity index (χ1n) is 7.40. The van der Waals surface area contributed by atoms with Crippen LogP contribution in [0.15, 0.2) is 0 Å². The second kappa shape index (κ2) is 5.60. The highest BCUT2D eigenvalue weighted by Gasteiger charge is 2.37. The third-order valence-corrected chi connectivity index (χ3v) is 4.28. The average molecular weight is 253 g/mol. The molecule has 0 aromatic heterocycles. The average Bonchev–Trinajstić information content (AvgIpc) is 2.97. The molecular formula is C15H27NO2. The minimum absolute atomic E-state index is 0.0358.